The maximum atomic E-state index is 12.7. The van der Waals surface area contributed by atoms with Crippen molar-refractivity contribution in [3.63, 3.8) is 0 Å². The summed E-state index contributed by atoms with van der Waals surface area (Å²) in [5.74, 6) is 0.0867. The third-order valence-electron chi connectivity index (χ3n) is 4.40. The smallest absolute Gasteiger partial charge is 0.253 e. The van der Waals surface area contributed by atoms with Gasteiger partial charge in [0.15, 0.2) is 0 Å². The van der Waals surface area contributed by atoms with E-state index >= 15 is 0 Å². The lowest BCUT2D eigenvalue weighted by Gasteiger charge is -2.34. The van der Waals surface area contributed by atoms with Gasteiger partial charge < -0.3 is 9.80 Å². The number of benzene rings is 1. The van der Waals surface area contributed by atoms with Crippen LogP contribution in [0.2, 0.25) is 0 Å². The second-order valence-corrected chi connectivity index (χ2v) is 7.24. The standard InChI is InChI=1S/C18H21N3O2S/c1-12-13(2)24-17(19-12)15-5-4-6-16(11-15)18(23)21-9-7-20(8-10-21)14(3)22/h4-6,11H,7-10H2,1-3H3. The van der Waals surface area contributed by atoms with Crippen LogP contribution in [0.5, 0.6) is 0 Å². The van der Waals surface area contributed by atoms with Crippen molar-refractivity contribution in [3.05, 3.63) is 40.4 Å². The minimum Gasteiger partial charge on any atom is -0.339 e. The zero-order chi connectivity index (χ0) is 17.3. The highest BCUT2D eigenvalue weighted by Gasteiger charge is 2.23. The number of thiazole rings is 1. The maximum Gasteiger partial charge on any atom is 0.253 e. The molecule has 0 spiro atoms. The van der Waals surface area contributed by atoms with Crippen LogP contribution in [-0.2, 0) is 4.79 Å². The lowest BCUT2D eigenvalue weighted by atomic mass is 10.1. The number of rotatable bonds is 2. The first-order valence-electron chi connectivity index (χ1n) is 8.05. The first kappa shape index (κ1) is 16.6. The van der Waals surface area contributed by atoms with Crippen LogP contribution in [0.4, 0.5) is 0 Å². The van der Waals surface area contributed by atoms with E-state index in [1.165, 1.54) is 4.88 Å². The van der Waals surface area contributed by atoms with Gasteiger partial charge in [0.05, 0.1) is 5.69 Å². The molecule has 1 aromatic carbocycles. The van der Waals surface area contributed by atoms with E-state index in [4.69, 9.17) is 0 Å². The van der Waals surface area contributed by atoms with Crippen molar-refractivity contribution >= 4 is 23.2 Å². The molecular formula is C18H21N3O2S. The van der Waals surface area contributed by atoms with E-state index in [9.17, 15) is 9.59 Å². The summed E-state index contributed by atoms with van der Waals surface area (Å²) in [6, 6.07) is 7.65. The Bertz CT molecular complexity index is 757. The number of nitrogens with zero attached hydrogens (tertiary/aromatic N) is 3. The van der Waals surface area contributed by atoms with Crippen molar-refractivity contribution in [1.29, 1.82) is 0 Å². The molecule has 1 saturated heterocycles. The topological polar surface area (TPSA) is 53.5 Å². The van der Waals surface area contributed by atoms with Gasteiger partial charge >= 0.3 is 0 Å². The van der Waals surface area contributed by atoms with Gasteiger partial charge in [-0.05, 0) is 26.0 Å². The van der Waals surface area contributed by atoms with Gasteiger partial charge in [0.25, 0.3) is 5.91 Å². The van der Waals surface area contributed by atoms with Gasteiger partial charge in [-0.2, -0.15) is 0 Å². The molecule has 0 N–H and O–H groups in total. The first-order valence-corrected chi connectivity index (χ1v) is 8.86. The lowest BCUT2D eigenvalue weighted by molar-refractivity contribution is -0.130. The molecule has 24 heavy (non-hydrogen) atoms. The van der Waals surface area contributed by atoms with Crippen LogP contribution in [0.1, 0.15) is 27.9 Å². The summed E-state index contributed by atoms with van der Waals surface area (Å²) < 4.78 is 0. The molecule has 1 aliphatic heterocycles. The van der Waals surface area contributed by atoms with Gasteiger partial charge in [-0.3, -0.25) is 9.59 Å². The van der Waals surface area contributed by atoms with Crippen LogP contribution in [0.15, 0.2) is 24.3 Å². The molecule has 0 unspecified atom stereocenters. The Morgan fingerprint density at radius 2 is 1.75 bits per heavy atom. The molecule has 1 fully saturated rings. The van der Waals surface area contributed by atoms with Crippen LogP contribution in [0.3, 0.4) is 0 Å². The molecule has 2 aromatic rings. The number of hydrogen-bond acceptors (Lipinski definition) is 4. The van der Waals surface area contributed by atoms with Crippen LogP contribution in [0, 0.1) is 13.8 Å². The molecule has 1 aliphatic rings. The van der Waals surface area contributed by atoms with E-state index in [2.05, 4.69) is 11.9 Å². The van der Waals surface area contributed by atoms with Crippen LogP contribution < -0.4 is 0 Å². The summed E-state index contributed by atoms with van der Waals surface area (Å²) in [4.78, 5) is 33.5. The normalized spacial score (nSPS) is 14.8. The van der Waals surface area contributed by atoms with E-state index in [0.717, 1.165) is 16.3 Å². The Balaban J connectivity index is 1.76. The minimum atomic E-state index is 0.0186. The summed E-state index contributed by atoms with van der Waals surface area (Å²) >= 11 is 1.65. The van der Waals surface area contributed by atoms with E-state index in [-0.39, 0.29) is 11.8 Å². The molecule has 2 heterocycles. The van der Waals surface area contributed by atoms with Crippen LogP contribution in [-0.4, -0.2) is 52.8 Å². The number of aromatic nitrogens is 1. The van der Waals surface area contributed by atoms with Crippen LogP contribution in [0.25, 0.3) is 10.6 Å². The van der Waals surface area contributed by atoms with Gasteiger partial charge in [0, 0.05) is 49.1 Å². The summed E-state index contributed by atoms with van der Waals surface area (Å²) in [7, 11) is 0. The quantitative estimate of drug-likeness (QED) is 0.842. The molecule has 1 aromatic heterocycles. The summed E-state index contributed by atoms with van der Waals surface area (Å²) in [6.07, 6.45) is 0. The average molecular weight is 343 g/mol. The molecule has 0 aliphatic carbocycles. The number of carbonyl (C=O) groups excluding carboxylic acids is 2. The van der Waals surface area contributed by atoms with Gasteiger partial charge in [0.1, 0.15) is 5.01 Å². The molecule has 126 valence electrons. The van der Waals surface area contributed by atoms with Crippen LogP contribution >= 0.6 is 11.3 Å². The highest BCUT2D eigenvalue weighted by molar-refractivity contribution is 7.15. The van der Waals surface area contributed by atoms with E-state index in [1.807, 2.05) is 36.1 Å². The van der Waals surface area contributed by atoms with E-state index < -0.39 is 0 Å². The average Bonchev–Trinajstić information content (AvgIpc) is 2.93. The summed E-state index contributed by atoms with van der Waals surface area (Å²) in [5, 5.41) is 0.945. The number of carbonyl (C=O) groups is 2. The Kier molecular flexibility index (Phi) is 4.66. The van der Waals surface area contributed by atoms with E-state index in [0.29, 0.717) is 31.7 Å². The highest BCUT2D eigenvalue weighted by atomic mass is 32.1. The lowest BCUT2D eigenvalue weighted by Crippen LogP contribution is -2.50. The predicted molar refractivity (Wildman–Crippen MR) is 95.2 cm³/mol. The van der Waals surface area contributed by atoms with Crippen molar-refractivity contribution in [1.82, 2.24) is 14.8 Å². The molecule has 0 radical (unpaired) electrons. The molecule has 0 bridgehead atoms. The number of piperazine rings is 1. The predicted octanol–water partition coefficient (Wildman–Crippen LogP) is 2.73. The second kappa shape index (κ2) is 6.73. The van der Waals surface area contributed by atoms with Gasteiger partial charge in [-0.25, -0.2) is 4.98 Å². The van der Waals surface area contributed by atoms with Gasteiger partial charge in [-0.15, -0.1) is 11.3 Å². The summed E-state index contributed by atoms with van der Waals surface area (Å²) in [5.41, 5.74) is 2.69. The third kappa shape index (κ3) is 3.33. The Morgan fingerprint density at radius 3 is 2.33 bits per heavy atom. The molecule has 0 atom stereocenters. The summed E-state index contributed by atoms with van der Waals surface area (Å²) in [6.45, 7) is 7.99. The molecule has 0 saturated carbocycles. The van der Waals surface area contributed by atoms with Crippen molar-refractivity contribution in [2.45, 2.75) is 20.8 Å². The molecule has 5 nitrogen and oxygen atoms in total. The number of hydrogen-bond donors (Lipinski definition) is 0. The minimum absolute atomic E-state index is 0.0186. The fourth-order valence-corrected chi connectivity index (χ4v) is 3.70. The maximum absolute atomic E-state index is 12.7. The zero-order valence-corrected chi connectivity index (χ0v) is 15.0. The third-order valence-corrected chi connectivity index (χ3v) is 5.52. The fourth-order valence-electron chi connectivity index (χ4n) is 2.79. The highest BCUT2D eigenvalue weighted by Crippen LogP contribution is 2.28. The number of aryl methyl sites for hydroxylation is 2. The zero-order valence-electron chi connectivity index (χ0n) is 14.2. The fraction of sp³-hybridized carbons (Fsp3) is 0.389. The Labute approximate surface area is 145 Å². The first-order chi connectivity index (χ1) is 11.5. The SMILES string of the molecule is CC(=O)N1CCN(C(=O)c2cccc(-c3nc(C)c(C)s3)c2)CC1. The molecule has 6 heteroatoms. The van der Waals surface area contributed by atoms with E-state index in [1.54, 1.807) is 23.2 Å². The van der Waals surface area contributed by atoms with Crippen molar-refractivity contribution in [2.24, 2.45) is 0 Å². The van der Waals surface area contributed by atoms with Gasteiger partial charge in [0.2, 0.25) is 5.91 Å². The second-order valence-electron chi connectivity index (χ2n) is 6.04. The monoisotopic (exact) mass is 343 g/mol. The van der Waals surface area contributed by atoms with Gasteiger partial charge in [-0.1, -0.05) is 12.1 Å². The van der Waals surface area contributed by atoms with Crippen molar-refractivity contribution in [3.8, 4) is 10.6 Å². The number of amides is 2. The Morgan fingerprint density at radius 1 is 1.08 bits per heavy atom. The van der Waals surface area contributed by atoms with Crippen molar-refractivity contribution in [2.75, 3.05) is 26.2 Å². The molecule has 2 amide bonds. The molecule has 3 rings (SSSR count). The Hall–Kier alpha value is -2.21. The molecular weight excluding hydrogens is 322 g/mol. The van der Waals surface area contributed by atoms with Crippen molar-refractivity contribution < 1.29 is 9.59 Å². The largest absolute Gasteiger partial charge is 0.339 e.